The van der Waals surface area contributed by atoms with Crippen LogP contribution in [0.2, 0.25) is 5.02 Å². The normalized spacial score (nSPS) is 32.4. The molecule has 11 heteroatoms. The summed E-state index contributed by atoms with van der Waals surface area (Å²) in [5, 5.41) is -0.0358. The standard InChI is InChI=1S/C41H49ClN4O5S/c1-28-5-3-16-41(26-45(19-20-51-41)23-30-13-17-43-18-14-30)36-10-7-33(36)24-46-25-40(15-4-6-31-21-34(42)9-11-35(31)40)27-50-38-12-8-32(22-37(38)46)39(47)44-52(48,49)29(28)2/h3,8-9,11-14,16-18,21-22,28-29,33,36H,4-7,10,15,19-20,23-27H2,1-2H3,(H,44,47)/b16-3-/t28-,29+,33-,36+,40-,41-/m0/s1. The number of pyridine rings is 1. The first kappa shape index (κ1) is 35.6. The molecule has 2 aromatic carbocycles. The van der Waals surface area contributed by atoms with Gasteiger partial charge in [-0.25, -0.2) is 13.1 Å². The Bertz CT molecular complexity index is 1960. The molecule has 4 heterocycles. The number of carbonyl (C=O) groups is 1. The van der Waals surface area contributed by atoms with Crippen LogP contribution in [0.1, 0.15) is 73.0 Å². The Balaban J connectivity index is 1.20. The molecule has 1 N–H and O–H groups in total. The molecule has 52 heavy (non-hydrogen) atoms. The van der Waals surface area contributed by atoms with Gasteiger partial charge < -0.3 is 14.4 Å². The molecule has 0 unspecified atom stereocenters. The smallest absolute Gasteiger partial charge is 0.264 e. The van der Waals surface area contributed by atoms with Crippen LogP contribution in [-0.2, 0) is 33.1 Å². The quantitative estimate of drug-likeness (QED) is 0.295. The van der Waals surface area contributed by atoms with Crippen molar-refractivity contribution in [3.8, 4) is 5.75 Å². The maximum Gasteiger partial charge on any atom is 0.264 e. The van der Waals surface area contributed by atoms with Crippen molar-refractivity contribution in [2.75, 3.05) is 44.3 Å². The van der Waals surface area contributed by atoms with Crippen LogP contribution in [-0.4, -0.2) is 74.5 Å². The zero-order valence-corrected chi connectivity index (χ0v) is 31.7. The van der Waals surface area contributed by atoms with E-state index in [1.165, 1.54) is 16.7 Å². The van der Waals surface area contributed by atoms with Gasteiger partial charge in [0.05, 0.1) is 24.2 Å². The Labute approximate surface area is 312 Å². The van der Waals surface area contributed by atoms with Crippen LogP contribution in [0, 0.1) is 17.8 Å². The van der Waals surface area contributed by atoms with E-state index < -0.39 is 26.8 Å². The molecule has 1 saturated carbocycles. The van der Waals surface area contributed by atoms with Gasteiger partial charge >= 0.3 is 0 Å². The number of nitrogens with zero attached hydrogens (tertiary/aromatic N) is 3. The topological polar surface area (TPSA) is 101 Å². The van der Waals surface area contributed by atoms with Gasteiger partial charge in [0.1, 0.15) is 11.4 Å². The first-order valence-corrected chi connectivity index (χ1v) is 20.8. The van der Waals surface area contributed by atoms with Gasteiger partial charge in [-0.05, 0) is 122 Å². The number of fused-ring (bicyclic) bond motifs is 5. The Kier molecular flexibility index (Phi) is 9.64. The van der Waals surface area contributed by atoms with E-state index in [4.69, 9.17) is 21.1 Å². The monoisotopic (exact) mass is 744 g/mol. The summed E-state index contributed by atoms with van der Waals surface area (Å²) < 4.78 is 43.2. The molecule has 5 aliphatic rings. The number of rotatable bonds is 2. The number of anilines is 1. The van der Waals surface area contributed by atoms with Gasteiger partial charge in [-0.3, -0.25) is 14.7 Å². The van der Waals surface area contributed by atoms with E-state index in [0.29, 0.717) is 43.4 Å². The average Bonchev–Trinajstić information content (AvgIpc) is 3.26. The Hall–Kier alpha value is -3.44. The Morgan fingerprint density at radius 3 is 2.71 bits per heavy atom. The second-order valence-electron chi connectivity index (χ2n) is 15.9. The van der Waals surface area contributed by atoms with Crippen LogP contribution in [0.3, 0.4) is 0 Å². The zero-order valence-electron chi connectivity index (χ0n) is 30.1. The highest BCUT2D eigenvalue weighted by Gasteiger charge is 2.51. The summed E-state index contributed by atoms with van der Waals surface area (Å²) >= 11 is 6.50. The number of carbonyl (C=O) groups excluding carboxylic acids is 1. The van der Waals surface area contributed by atoms with E-state index in [1.807, 2.05) is 37.5 Å². The number of sulfonamides is 1. The van der Waals surface area contributed by atoms with E-state index in [0.717, 1.165) is 69.0 Å². The lowest BCUT2D eigenvalue weighted by Gasteiger charge is -2.54. The molecule has 9 nitrogen and oxygen atoms in total. The summed E-state index contributed by atoms with van der Waals surface area (Å²) in [5.41, 5.74) is 4.12. The Morgan fingerprint density at radius 1 is 1.06 bits per heavy atom. The summed E-state index contributed by atoms with van der Waals surface area (Å²) in [6.07, 6.45) is 13.7. The van der Waals surface area contributed by atoms with Gasteiger partial charge in [0.2, 0.25) is 10.0 Å². The van der Waals surface area contributed by atoms with Gasteiger partial charge in [-0.2, -0.15) is 0 Å². The summed E-state index contributed by atoms with van der Waals surface area (Å²) in [5.74, 6) is 0.472. The molecule has 0 radical (unpaired) electrons. The number of aryl methyl sites for hydroxylation is 1. The fraction of sp³-hybridized carbons (Fsp3) is 0.512. The predicted molar refractivity (Wildman–Crippen MR) is 203 cm³/mol. The van der Waals surface area contributed by atoms with E-state index in [9.17, 15) is 13.2 Å². The summed E-state index contributed by atoms with van der Waals surface area (Å²) in [6, 6.07) is 15.8. The lowest BCUT2D eigenvalue weighted by Crippen LogP contribution is -2.60. The first-order chi connectivity index (χ1) is 25.0. The van der Waals surface area contributed by atoms with Crippen molar-refractivity contribution in [2.24, 2.45) is 17.8 Å². The van der Waals surface area contributed by atoms with E-state index in [1.54, 1.807) is 13.0 Å². The minimum atomic E-state index is -3.96. The van der Waals surface area contributed by atoms with Gasteiger partial charge in [0.25, 0.3) is 5.91 Å². The fourth-order valence-corrected chi connectivity index (χ4v) is 10.9. The summed E-state index contributed by atoms with van der Waals surface area (Å²) in [4.78, 5) is 22.8. The molecule has 276 valence electrons. The third-order valence-electron chi connectivity index (χ3n) is 12.6. The zero-order chi connectivity index (χ0) is 36.1. The largest absolute Gasteiger partial charge is 0.490 e. The highest BCUT2D eigenvalue weighted by molar-refractivity contribution is 7.90. The highest BCUT2D eigenvalue weighted by Crippen LogP contribution is 2.50. The Morgan fingerprint density at radius 2 is 1.90 bits per heavy atom. The van der Waals surface area contributed by atoms with Crippen molar-refractivity contribution in [3.05, 3.63) is 100 Å². The van der Waals surface area contributed by atoms with Crippen molar-refractivity contribution >= 4 is 33.2 Å². The number of hydrogen-bond acceptors (Lipinski definition) is 8. The molecule has 1 aromatic heterocycles. The molecular weight excluding hydrogens is 696 g/mol. The third kappa shape index (κ3) is 6.76. The van der Waals surface area contributed by atoms with Crippen LogP contribution < -0.4 is 14.4 Å². The second-order valence-corrected chi connectivity index (χ2v) is 18.4. The number of nitrogens with one attached hydrogen (secondary N) is 1. The van der Waals surface area contributed by atoms with Crippen molar-refractivity contribution in [1.82, 2.24) is 14.6 Å². The number of benzene rings is 2. The number of morpholine rings is 1. The average molecular weight is 745 g/mol. The molecule has 1 amide bonds. The van der Waals surface area contributed by atoms with Crippen molar-refractivity contribution in [2.45, 2.75) is 75.2 Å². The number of halogens is 1. The second kappa shape index (κ2) is 14.1. The number of aromatic nitrogens is 1. The first-order valence-electron chi connectivity index (χ1n) is 18.8. The number of hydrogen-bond donors (Lipinski definition) is 1. The van der Waals surface area contributed by atoms with E-state index >= 15 is 0 Å². The summed E-state index contributed by atoms with van der Waals surface area (Å²) in [6.45, 7) is 8.65. The molecule has 8 rings (SSSR count). The van der Waals surface area contributed by atoms with Crippen LogP contribution in [0.15, 0.2) is 73.1 Å². The lowest BCUT2D eigenvalue weighted by molar-refractivity contribution is -0.146. The lowest BCUT2D eigenvalue weighted by atomic mass is 9.63. The highest BCUT2D eigenvalue weighted by atomic mass is 35.5. The third-order valence-corrected chi connectivity index (χ3v) is 14.8. The van der Waals surface area contributed by atoms with Crippen LogP contribution >= 0.6 is 11.6 Å². The number of amides is 1. The van der Waals surface area contributed by atoms with Gasteiger partial charge in [-0.15, -0.1) is 0 Å². The molecule has 2 fully saturated rings. The van der Waals surface area contributed by atoms with Crippen LogP contribution in [0.5, 0.6) is 5.75 Å². The molecule has 3 aliphatic heterocycles. The van der Waals surface area contributed by atoms with E-state index in [2.05, 4.69) is 55.9 Å². The van der Waals surface area contributed by atoms with Gasteiger partial charge in [-0.1, -0.05) is 36.7 Å². The van der Waals surface area contributed by atoms with Crippen LogP contribution in [0.25, 0.3) is 0 Å². The number of ether oxygens (including phenoxy) is 2. The van der Waals surface area contributed by atoms with Crippen LogP contribution in [0.4, 0.5) is 5.69 Å². The minimum Gasteiger partial charge on any atom is -0.490 e. The van der Waals surface area contributed by atoms with Crippen molar-refractivity contribution < 1.29 is 22.7 Å². The maximum absolute atomic E-state index is 13.6. The fourth-order valence-electron chi connectivity index (χ4n) is 9.40. The van der Waals surface area contributed by atoms with Gasteiger partial charge in [0.15, 0.2) is 0 Å². The predicted octanol–water partition coefficient (Wildman–Crippen LogP) is 6.55. The molecule has 3 aromatic rings. The molecule has 2 bridgehead atoms. The molecule has 2 aliphatic carbocycles. The van der Waals surface area contributed by atoms with Crippen molar-refractivity contribution in [3.63, 3.8) is 0 Å². The summed E-state index contributed by atoms with van der Waals surface area (Å²) in [7, 11) is -3.96. The molecule has 1 saturated heterocycles. The SMILES string of the molecule is C[C@@H]1[C@@H](C)C/C=C\[C@]2(CN(Cc3ccncc3)CCO2)[C@@H]2CC[C@H]2CN2C[C@@]3(CCCc4cc(Cl)ccc43)COc3ccc(cc32)C(=O)NS1(=O)=O. The number of allylic oxidation sites excluding steroid dienone is 1. The molecule has 2 spiro atoms. The minimum absolute atomic E-state index is 0.222. The van der Waals surface area contributed by atoms with Crippen molar-refractivity contribution in [1.29, 1.82) is 0 Å². The molecule has 6 atom stereocenters. The van der Waals surface area contributed by atoms with Gasteiger partial charge in [0, 0.05) is 61.1 Å². The molecular formula is C41H49ClN4O5S. The van der Waals surface area contributed by atoms with E-state index in [-0.39, 0.29) is 17.3 Å². The maximum atomic E-state index is 13.6.